The van der Waals surface area contributed by atoms with E-state index in [-0.39, 0.29) is 0 Å². The fourth-order valence-electron chi connectivity index (χ4n) is 3.37. The second kappa shape index (κ2) is 5.30. The molecule has 0 spiro atoms. The molecular weight excluding hydrogens is 258 g/mol. The topological polar surface area (TPSA) is 29.9 Å². The Morgan fingerprint density at radius 3 is 2.90 bits per heavy atom. The van der Waals surface area contributed by atoms with Crippen LogP contribution in [0, 0.1) is 0 Å². The molecule has 21 heavy (non-hydrogen) atoms. The fourth-order valence-corrected chi connectivity index (χ4v) is 3.37. The first kappa shape index (κ1) is 14.3. The van der Waals surface area contributed by atoms with Crippen LogP contribution in [0.15, 0.2) is 30.7 Å². The quantitative estimate of drug-likeness (QED) is 0.931. The van der Waals surface area contributed by atoms with Crippen molar-refractivity contribution in [3.8, 4) is 0 Å². The minimum atomic E-state index is 0.308. The van der Waals surface area contributed by atoms with E-state index in [0.29, 0.717) is 11.5 Å². The van der Waals surface area contributed by atoms with Crippen LogP contribution >= 0.6 is 0 Å². The molecule has 3 heteroatoms. The zero-order chi connectivity index (χ0) is 15.0. The zero-order valence-corrected chi connectivity index (χ0v) is 13.5. The largest absolute Gasteiger partial charge is 0.336 e. The van der Waals surface area contributed by atoms with Gasteiger partial charge in [-0.3, -0.25) is 0 Å². The van der Waals surface area contributed by atoms with E-state index in [1.807, 2.05) is 19.6 Å². The maximum atomic E-state index is 4.18. The number of fused-ring (bicyclic) bond motifs is 1. The molecule has 2 aromatic rings. The molecule has 1 N–H and O–H groups in total. The van der Waals surface area contributed by atoms with Crippen molar-refractivity contribution in [1.82, 2.24) is 14.9 Å². The first-order valence-corrected chi connectivity index (χ1v) is 7.79. The molecule has 1 heterocycles. The van der Waals surface area contributed by atoms with E-state index in [9.17, 15) is 0 Å². The van der Waals surface area contributed by atoms with Crippen LogP contribution in [0.2, 0.25) is 0 Å². The van der Waals surface area contributed by atoms with Crippen molar-refractivity contribution in [1.29, 1.82) is 0 Å². The number of aryl methyl sites for hydroxylation is 2. The summed E-state index contributed by atoms with van der Waals surface area (Å²) in [5, 5.41) is 3.59. The van der Waals surface area contributed by atoms with Gasteiger partial charge in [-0.25, -0.2) is 4.98 Å². The van der Waals surface area contributed by atoms with E-state index in [2.05, 4.69) is 53.8 Å². The van der Waals surface area contributed by atoms with E-state index in [1.54, 1.807) is 0 Å². The van der Waals surface area contributed by atoms with Crippen LogP contribution in [-0.2, 0) is 25.4 Å². The number of nitrogens with zero attached hydrogens (tertiary/aromatic N) is 2. The third-order valence-corrected chi connectivity index (χ3v) is 4.83. The summed E-state index contributed by atoms with van der Waals surface area (Å²) in [6.45, 7) is 7.79. The van der Waals surface area contributed by atoms with E-state index >= 15 is 0 Å². The second-order valence-corrected chi connectivity index (χ2v) is 6.91. The molecule has 0 radical (unpaired) electrons. The van der Waals surface area contributed by atoms with Crippen LogP contribution in [-0.4, -0.2) is 9.55 Å². The first-order chi connectivity index (χ1) is 9.97. The second-order valence-electron chi connectivity index (χ2n) is 6.91. The summed E-state index contributed by atoms with van der Waals surface area (Å²) in [5.74, 6) is 0. The number of aromatic nitrogens is 2. The lowest BCUT2D eigenvalue weighted by Crippen LogP contribution is -2.20. The van der Waals surface area contributed by atoms with E-state index in [4.69, 9.17) is 0 Å². The van der Waals surface area contributed by atoms with Gasteiger partial charge in [0.25, 0.3) is 0 Å². The SMILES string of the molecule is CC(NCc1ccc2c(c1)CCC2(C)C)c1cncn1C. The van der Waals surface area contributed by atoms with Crippen molar-refractivity contribution in [2.45, 2.75) is 51.6 Å². The van der Waals surface area contributed by atoms with Crippen molar-refractivity contribution >= 4 is 0 Å². The highest BCUT2D eigenvalue weighted by atomic mass is 15.1. The molecule has 0 fully saturated rings. The Balaban J connectivity index is 1.68. The summed E-state index contributed by atoms with van der Waals surface area (Å²) in [5.41, 5.74) is 6.01. The molecule has 112 valence electrons. The van der Waals surface area contributed by atoms with E-state index < -0.39 is 0 Å². The Labute approximate surface area is 127 Å². The van der Waals surface area contributed by atoms with Crippen LogP contribution in [0.5, 0.6) is 0 Å². The highest BCUT2D eigenvalue weighted by Crippen LogP contribution is 2.38. The van der Waals surface area contributed by atoms with Gasteiger partial charge < -0.3 is 9.88 Å². The van der Waals surface area contributed by atoms with E-state index in [0.717, 1.165) is 6.54 Å². The molecule has 1 atom stereocenters. The van der Waals surface area contributed by atoms with Gasteiger partial charge in [0.1, 0.15) is 0 Å². The molecule has 1 aromatic heterocycles. The van der Waals surface area contributed by atoms with Crippen LogP contribution in [0.4, 0.5) is 0 Å². The minimum Gasteiger partial charge on any atom is -0.336 e. The van der Waals surface area contributed by atoms with Crippen molar-refractivity contribution in [2.24, 2.45) is 7.05 Å². The number of imidazole rings is 1. The highest BCUT2D eigenvalue weighted by molar-refractivity contribution is 5.40. The lowest BCUT2D eigenvalue weighted by Gasteiger charge is -2.19. The van der Waals surface area contributed by atoms with Gasteiger partial charge in [0.2, 0.25) is 0 Å². The Bertz CT molecular complexity index is 640. The fraction of sp³-hybridized carbons (Fsp3) is 0.500. The summed E-state index contributed by atoms with van der Waals surface area (Å²) >= 11 is 0. The molecular formula is C18H25N3. The average molecular weight is 283 g/mol. The molecule has 1 aliphatic carbocycles. The van der Waals surface area contributed by atoms with Gasteiger partial charge in [0.15, 0.2) is 0 Å². The van der Waals surface area contributed by atoms with Crippen LogP contribution in [0.25, 0.3) is 0 Å². The smallest absolute Gasteiger partial charge is 0.0946 e. The van der Waals surface area contributed by atoms with E-state index in [1.165, 1.54) is 35.2 Å². The first-order valence-electron chi connectivity index (χ1n) is 7.79. The Morgan fingerprint density at radius 2 is 2.19 bits per heavy atom. The molecule has 1 aromatic carbocycles. The number of hydrogen-bond donors (Lipinski definition) is 1. The predicted molar refractivity (Wildman–Crippen MR) is 86.3 cm³/mol. The van der Waals surface area contributed by atoms with Gasteiger partial charge in [-0.05, 0) is 41.9 Å². The van der Waals surface area contributed by atoms with Crippen molar-refractivity contribution in [3.63, 3.8) is 0 Å². The van der Waals surface area contributed by atoms with Crippen LogP contribution < -0.4 is 5.32 Å². The molecule has 0 saturated carbocycles. The highest BCUT2D eigenvalue weighted by Gasteiger charge is 2.29. The van der Waals surface area contributed by atoms with Gasteiger partial charge in [0, 0.05) is 25.8 Å². The summed E-state index contributed by atoms with van der Waals surface area (Å²) in [7, 11) is 2.04. The van der Waals surface area contributed by atoms with Gasteiger partial charge in [-0.1, -0.05) is 32.0 Å². The standard InChI is InChI=1S/C18H25N3/c1-13(17-11-19-12-21(17)4)20-10-14-5-6-16-15(9-14)7-8-18(16,2)3/h5-6,9,11-13,20H,7-8,10H2,1-4H3. The zero-order valence-electron chi connectivity index (χ0n) is 13.5. The minimum absolute atomic E-state index is 0.308. The molecule has 0 bridgehead atoms. The third kappa shape index (κ3) is 2.75. The molecule has 1 aliphatic rings. The van der Waals surface area contributed by atoms with Crippen LogP contribution in [0.3, 0.4) is 0 Å². The van der Waals surface area contributed by atoms with Crippen molar-refractivity contribution in [2.75, 3.05) is 0 Å². The summed E-state index contributed by atoms with van der Waals surface area (Å²) in [6.07, 6.45) is 6.27. The number of benzene rings is 1. The monoisotopic (exact) mass is 283 g/mol. The van der Waals surface area contributed by atoms with Crippen molar-refractivity contribution in [3.05, 3.63) is 53.1 Å². The third-order valence-electron chi connectivity index (χ3n) is 4.83. The molecule has 0 amide bonds. The van der Waals surface area contributed by atoms with Gasteiger partial charge in [0.05, 0.1) is 12.0 Å². The lowest BCUT2D eigenvalue weighted by molar-refractivity contribution is 0.522. The summed E-state index contributed by atoms with van der Waals surface area (Å²) < 4.78 is 2.07. The molecule has 1 unspecified atom stereocenters. The summed E-state index contributed by atoms with van der Waals surface area (Å²) in [6, 6.07) is 7.29. The maximum absolute atomic E-state index is 4.18. The van der Waals surface area contributed by atoms with Gasteiger partial charge in [-0.15, -0.1) is 0 Å². The number of nitrogens with one attached hydrogen (secondary N) is 1. The molecule has 3 nitrogen and oxygen atoms in total. The number of hydrogen-bond acceptors (Lipinski definition) is 2. The number of rotatable bonds is 4. The molecule has 3 rings (SSSR count). The van der Waals surface area contributed by atoms with Gasteiger partial charge >= 0.3 is 0 Å². The van der Waals surface area contributed by atoms with Crippen molar-refractivity contribution < 1.29 is 0 Å². The maximum Gasteiger partial charge on any atom is 0.0946 e. The normalized spacial score (nSPS) is 17.7. The van der Waals surface area contributed by atoms with Crippen LogP contribution in [0.1, 0.15) is 55.6 Å². The van der Waals surface area contributed by atoms with Gasteiger partial charge in [-0.2, -0.15) is 0 Å². The summed E-state index contributed by atoms with van der Waals surface area (Å²) in [4.78, 5) is 4.18. The Kier molecular flexibility index (Phi) is 3.62. The Hall–Kier alpha value is -1.61. The predicted octanol–water partition coefficient (Wildman–Crippen LogP) is 3.49. The average Bonchev–Trinajstić information content (AvgIpc) is 3.00. The molecule has 0 aliphatic heterocycles. The Morgan fingerprint density at radius 1 is 1.38 bits per heavy atom. The lowest BCUT2D eigenvalue weighted by atomic mass is 9.86. The molecule has 0 saturated heterocycles.